The molecule has 2 aromatic heterocycles. The molecule has 0 bridgehead atoms. The van der Waals surface area contributed by atoms with Gasteiger partial charge in [-0.1, -0.05) is 19.3 Å². The number of carbonyl (C=O) groups is 1. The maximum absolute atomic E-state index is 12.7. The van der Waals surface area contributed by atoms with Crippen molar-refractivity contribution in [1.29, 1.82) is 0 Å². The van der Waals surface area contributed by atoms with Crippen LogP contribution in [0.4, 0.5) is 5.82 Å². The van der Waals surface area contributed by atoms with E-state index >= 15 is 0 Å². The molecule has 2 aliphatic rings. The summed E-state index contributed by atoms with van der Waals surface area (Å²) in [5, 5.41) is 3.22. The molecule has 0 spiro atoms. The fourth-order valence-corrected chi connectivity index (χ4v) is 4.97. The summed E-state index contributed by atoms with van der Waals surface area (Å²) in [7, 11) is 0. The zero-order valence-corrected chi connectivity index (χ0v) is 18.8. The Morgan fingerprint density at radius 2 is 1.97 bits per heavy atom. The first-order valence-corrected chi connectivity index (χ1v) is 12.0. The van der Waals surface area contributed by atoms with E-state index in [1.807, 2.05) is 24.0 Å². The van der Waals surface area contributed by atoms with Crippen LogP contribution in [-0.2, 0) is 17.8 Å². The minimum absolute atomic E-state index is 0.189. The second-order valence-corrected chi connectivity index (χ2v) is 9.19. The van der Waals surface area contributed by atoms with Gasteiger partial charge in [-0.15, -0.1) is 0 Å². The van der Waals surface area contributed by atoms with E-state index in [-0.39, 0.29) is 11.9 Å². The van der Waals surface area contributed by atoms with Gasteiger partial charge < -0.3 is 14.8 Å². The quantitative estimate of drug-likeness (QED) is 0.700. The summed E-state index contributed by atoms with van der Waals surface area (Å²) < 4.78 is 2.05. The molecule has 0 aromatic carbocycles. The van der Waals surface area contributed by atoms with Gasteiger partial charge in [-0.3, -0.25) is 4.79 Å². The number of nitrogens with one attached hydrogen (secondary N) is 1. The number of amides is 1. The normalized spacial score (nSPS) is 20.0. The van der Waals surface area contributed by atoms with Gasteiger partial charge in [-0.05, 0) is 44.9 Å². The van der Waals surface area contributed by atoms with E-state index in [0.29, 0.717) is 12.3 Å². The second kappa shape index (κ2) is 10.7. The van der Waals surface area contributed by atoms with Crippen LogP contribution in [0, 0.1) is 12.8 Å². The summed E-state index contributed by atoms with van der Waals surface area (Å²) in [6.07, 6.45) is 16.8. The minimum atomic E-state index is 0.189. The van der Waals surface area contributed by atoms with Gasteiger partial charge in [0.2, 0.25) is 5.91 Å². The zero-order valence-electron chi connectivity index (χ0n) is 18.8. The van der Waals surface area contributed by atoms with Crippen LogP contribution in [-0.4, -0.2) is 44.6 Å². The van der Waals surface area contributed by atoms with Crippen molar-refractivity contribution in [2.75, 3.05) is 18.0 Å². The van der Waals surface area contributed by atoms with Gasteiger partial charge in [-0.25, -0.2) is 15.0 Å². The SMILES string of the molecule is Cc1cc(N2CCCCC2CC(=O)NCC2CCCCC2)nc(CCn2ccnc2)n1. The number of carbonyl (C=O) groups excluding carboxylic acids is 1. The van der Waals surface area contributed by atoms with Crippen molar-refractivity contribution in [2.45, 2.75) is 83.7 Å². The molecule has 1 amide bonds. The summed E-state index contributed by atoms with van der Waals surface area (Å²) in [5.41, 5.74) is 0.983. The van der Waals surface area contributed by atoms with Crippen molar-refractivity contribution in [2.24, 2.45) is 5.92 Å². The van der Waals surface area contributed by atoms with E-state index in [4.69, 9.17) is 4.98 Å². The predicted molar refractivity (Wildman–Crippen MR) is 122 cm³/mol. The molecule has 1 aliphatic carbocycles. The Hall–Kier alpha value is -2.44. The molecule has 1 atom stereocenters. The number of aryl methyl sites for hydroxylation is 3. The third kappa shape index (κ3) is 6.28. The van der Waals surface area contributed by atoms with Crippen LogP contribution in [0.15, 0.2) is 24.8 Å². The first-order valence-electron chi connectivity index (χ1n) is 12.0. The molecule has 1 unspecified atom stereocenters. The number of anilines is 1. The Morgan fingerprint density at radius 1 is 1.13 bits per heavy atom. The van der Waals surface area contributed by atoms with Crippen molar-refractivity contribution in [3.05, 3.63) is 36.3 Å². The highest BCUT2D eigenvalue weighted by molar-refractivity contribution is 5.77. The third-order valence-electron chi connectivity index (χ3n) is 6.69. The topological polar surface area (TPSA) is 75.9 Å². The largest absolute Gasteiger partial charge is 0.356 e. The Morgan fingerprint density at radius 3 is 2.77 bits per heavy atom. The summed E-state index contributed by atoms with van der Waals surface area (Å²) in [6.45, 7) is 4.65. The Balaban J connectivity index is 1.37. The molecule has 2 fully saturated rings. The maximum Gasteiger partial charge on any atom is 0.222 e. The van der Waals surface area contributed by atoms with Crippen molar-refractivity contribution >= 4 is 11.7 Å². The molecule has 1 aliphatic heterocycles. The molecule has 1 saturated carbocycles. The molecular formula is C24H36N6O. The van der Waals surface area contributed by atoms with Gasteiger partial charge in [-0.2, -0.15) is 0 Å². The molecule has 1 saturated heterocycles. The predicted octanol–water partition coefficient (Wildman–Crippen LogP) is 3.67. The van der Waals surface area contributed by atoms with E-state index in [1.54, 1.807) is 6.20 Å². The number of hydrogen-bond acceptors (Lipinski definition) is 5. The first kappa shape index (κ1) is 21.8. The minimum Gasteiger partial charge on any atom is -0.356 e. The monoisotopic (exact) mass is 424 g/mol. The summed E-state index contributed by atoms with van der Waals surface area (Å²) in [6, 6.07) is 2.29. The van der Waals surface area contributed by atoms with Gasteiger partial charge in [0.25, 0.3) is 0 Å². The van der Waals surface area contributed by atoms with Crippen LogP contribution in [0.1, 0.15) is 69.3 Å². The smallest absolute Gasteiger partial charge is 0.222 e. The fraction of sp³-hybridized carbons (Fsp3) is 0.667. The van der Waals surface area contributed by atoms with E-state index < -0.39 is 0 Å². The molecule has 4 rings (SSSR count). The number of piperidine rings is 1. The lowest BCUT2D eigenvalue weighted by molar-refractivity contribution is -0.121. The van der Waals surface area contributed by atoms with E-state index in [1.165, 1.54) is 38.5 Å². The van der Waals surface area contributed by atoms with Crippen molar-refractivity contribution in [3.8, 4) is 0 Å². The van der Waals surface area contributed by atoms with Crippen molar-refractivity contribution < 1.29 is 4.79 Å². The first-order chi connectivity index (χ1) is 15.2. The standard InChI is InChI=1S/C24H36N6O/c1-19-15-23(28-22(27-19)10-13-29-14-11-25-18-29)30-12-6-5-9-21(30)16-24(31)26-17-20-7-3-2-4-8-20/h11,14-15,18,20-21H,2-10,12-13,16-17H2,1H3,(H,26,31). The van der Waals surface area contributed by atoms with Crippen LogP contribution in [0.3, 0.4) is 0 Å². The summed E-state index contributed by atoms with van der Waals surface area (Å²) >= 11 is 0. The van der Waals surface area contributed by atoms with E-state index in [9.17, 15) is 4.79 Å². The summed E-state index contributed by atoms with van der Waals surface area (Å²) in [5.74, 6) is 2.68. The molecule has 1 N–H and O–H groups in total. The zero-order chi connectivity index (χ0) is 21.5. The van der Waals surface area contributed by atoms with Crippen LogP contribution >= 0.6 is 0 Å². The molecule has 168 valence electrons. The number of imidazole rings is 1. The van der Waals surface area contributed by atoms with Crippen molar-refractivity contribution in [3.63, 3.8) is 0 Å². The van der Waals surface area contributed by atoms with Crippen molar-refractivity contribution in [1.82, 2.24) is 24.8 Å². The Bertz CT molecular complexity index is 831. The van der Waals surface area contributed by atoms with E-state index in [0.717, 1.165) is 56.2 Å². The average molecular weight is 425 g/mol. The molecule has 7 nitrogen and oxygen atoms in total. The number of hydrogen-bond donors (Lipinski definition) is 1. The highest BCUT2D eigenvalue weighted by Crippen LogP contribution is 2.26. The molecular weight excluding hydrogens is 388 g/mol. The van der Waals surface area contributed by atoms with Crippen LogP contribution < -0.4 is 10.2 Å². The van der Waals surface area contributed by atoms with Gasteiger partial charge in [0, 0.05) is 62.7 Å². The van der Waals surface area contributed by atoms with Crippen LogP contribution in [0.2, 0.25) is 0 Å². The van der Waals surface area contributed by atoms with Crippen LogP contribution in [0.5, 0.6) is 0 Å². The lowest BCUT2D eigenvalue weighted by Crippen LogP contribution is -2.44. The number of nitrogens with zero attached hydrogens (tertiary/aromatic N) is 5. The fourth-order valence-electron chi connectivity index (χ4n) is 4.97. The highest BCUT2D eigenvalue weighted by Gasteiger charge is 2.27. The molecule has 2 aromatic rings. The second-order valence-electron chi connectivity index (χ2n) is 9.19. The molecule has 31 heavy (non-hydrogen) atoms. The maximum atomic E-state index is 12.7. The number of rotatable bonds is 8. The number of aromatic nitrogens is 4. The highest BCUT2D eigenvalue weighted by atomic mass is 16.1. The Labute approximate surface area is 185 Å². The molecule has 0 radical (unpaired) electrons. The lowest BCUT2D eigenvalue weighted by atomic mass is 9.89. The molecule has 7 heteroatoms. The lowest BCUT2D eigenvalue weighted by Gasteiger charge is -2.36. The van der Waals surface area contributed by atoms with E-state index in [2.05, 4.69) is 26.3 Å². The van der Waals surface area contributed by atoms with Gasteiger partial charge in [0.1, 0.15) is 11.6 Å². The molecule has 3 heterocycles. The van der Waals surface area contributed by atoms with Gasteiger partial charge in [0.05, 0.1) is 6.33 Å². The Kier molecular flexibility index (Phi) is 7.54. The summed E-state index contributed by atoms with van der Waals surface area (Å²) in [4.78, 5) is 28.7. The van der Waals surface area contributed by atoms with Gasteiger partial charge >= 0.3 is 0 Å². The van der Waals surface area contributed by atoms with Crippen LogP contribution in [0.25, 0.3) is 0 Å². The average Bonchev–Trinajstić information content (AvgIpc) is 3.31. The third-order valence-corrected chi connectivity index (χ3v) is 6.69. The van der Waals surface area contributed by atoms with Gasteiger partial charge in [0.15, 0.2) is 0 Å².